The average molecular weight is 287 g/mol. The number of nitrogens with two attached hydrogens (primary N) is 1. The molecular formula is C15H17N3OS. The van der Waals surface area contributed by atoms with E-state index in [4.69, 9.17) is 5.73 Å². The van der Waals surface area contributed by atoms with Crippen LogP contribution in [0.3, 0.4) is 0 Å². The number of carbonyl (C=O) groups excluding carboxylic acids is 1. The number of carbonyl (C=O) groups is 1. The minimum absolute atomic E-state index is 0.0610. The van der Waals surface area contributed by atoms with Crippen LogP contribution in [0.15, 0.2) is 18.2 Å². The Bertz CT molecular complexity index is 674. The highest BCUT2D eigenvalue weighted by atomic mass is 32.1. The number of nitrogen functional groups attached to an aromatic ring is 1. The quantitative estimate of drug-likeness (QED) is 0.909. The third-order valence-corrected chi connectivity index (χ3v) is 4.27. The Labute approximate surface area is 122 Å². The lowest BCUT2D eigenvalue weighted by Gasteiger charge is -2.04. The fourth-order valence-electron chi connectivity index (χ4n) is 2.21. The van der Waals surface area contributed by atoms with Crippen molar-refractivity contribution in [2.24, 2.45) is 5.92 Å². The van der Waals surface area contributed by atoms with Gasteiger partial charge in [0.05, 0.1) is 0 Å². The zero-order valence-electron chi connectivity index (χ0n) is 11.6. The molecule has 4 nitrogen and oxygen atoms in total. The van der Waals surface area contributed by atoms with E-state index in [1.807, 2.05) is 19.1 Å². The van der Waals surface area contributed by atoms with Crippen molar-refractivity contribution in [3.05, 3.63) is 29.3 Å². The molecule has 1 heterocycles. The molecule has 0 bridgehead atoms. The molecule has 1 amide bonds. The maximum Gasteiger partial charge on any atom is 0.229 e. The molecule has 0 radical (unpaired) electrons. The second kappa shape index (κ2) is 4.90. The lowest BCUT2D eigenvalue weighted by molar-refractivity contribution is -0.117. The van der Waals surface area contributed by atoms with E-state index in [2.05, 4.69) is 23.3 Å². The summed E-state index contributed by atoms with van der Waals surface area (Å²) >= 11 is 1.33. The third kappa shape index (κ3) is 2.54. The van der Waals surface area contributed by atoms with E-state index in [0.717, 1.165) is 29.7 Å². The van der Waals surface area contributed by atoms with Crippen LogP contribution in [-0.2, 0) is 4.79 Å². The SMILES string of the molecule is Cc1ccc(-c2nc(NC(=O)C3CC3)sc2N)c(C)c1. The molecule has 1 fully saturated rings. The highest BCUT2D eigenvalue weighted by Crippen LogP contribution is 2.36. The van der Waals surface area contributed by atoms with Gasteiger partial charge in [-0.15, -0.1) is 0 Å². The number of rotatable bonds is 3. The first-order chi connectivity index (χ1) is 9.54. The molecule has 3 N–H and O–H groups in total. The number of nitrogens with one attached hydrogen (secondary N) is 1. The Balaban J connectivity index is 1.89. The molecule has 1 aliphatic carbocycles. The Kier molecular flexibility index (Phi) is 3.22. The van der Waals surface area contributed by atoms with Gasteiger partial charge in [0, 0.05) is 11.5 Å². The summed E-state index contributed by atoms with van der Waals surface area (Å²) in [6, 6.07) is 6.18. The summed E-state index contributed by atoms with van der Waals surface area (Å²) in [4.78, 5) is 16.2. The van der Waals surface area contributed by atoms with Crippen molar-refractivity contribution >= 4 is 27.4 Å². The molecule has 3 rings (SSSR count). The van der Waals surface area contributed by atoms with Crippen molar-refractivity contribution in [3.63, 3.8) is 0 Å². The summed E-state index contributed by atoms with van der Waals surface area (Å²) in [6.45, 7) is 4.10. The second-order valence-electron chi connectivity index (χ2n) is 5.31. The van der Waals surface area contributed by atoms with Crippen LogP contribution in [-0.4, -0.2) is 10.9 Å². The maximum atomic E-state index is 11.8. The smallest absolute Gasteiger partial charge is 0.229 e. The van der Waals surface area contributed by atoms with Gasteiger partial charge in [0.1, 0.15) is 10.7 Å². The van der Waals surface area contributed by atoms with Gasteiger partial charge >= 0.3 is 0 Å². The fraction of sp³-hybridized carbons (Fsp3) is 0.333. The third-order valence-electron chi connectivity index (χ3n) is 3.47. The van der Waals surface area contributed by atoms with E-state index < -0.39 is 0 Å². The number of anilines is 2. The predicted molar refractivity (Wildman–Crippen MR) is 82.8 cm³/mol. The molecule has 104 valence electrons. The number of nitrogens with zero attached hydrogens (tertiary/aromatic N) is 1. The minimum atomic E-state index is 0.0610. The first-order valence-corrected chi connectivity index (χ1v) is 7.51. The fourth-order valence-corrected chi connectivity index (χ4v) is 2.96. The maximum absolute atomic E-state index is 11.8. The van der Waals surface area contributed by atoms with Crippen LogP contribution in [0.4, 0.5) is 10.1 Å². The summed E-state index contributed by atoms with van der Waals surface area (Å²) in [5.41, 5.74) is 10.2. The molecule has 0 atom stereocenters. The van der Waals surface area contributed by atoms with Crippen LogP contribution >= 0.6 is 11.3 Å². The van der Waals surface area contributed by atoms with E-state index in [0.29, 0.717) is 10.1 Å². The van der Waals surface area contributed by atoms with Gasteiger partial charge in [0.15, 0.2) is 5.13 Å². The lowest BCUT2D eigenvalue weighted by Crippen LogP contribution is -2.12. The molecule has 1 aromatic heterocycles. The summed E-state index contributed by atoms with van der Waals surface area (Å²) in [7, 11) is 0. The summed E-state index contributed by atoms with van der Waals surface area (Å²) in [6.07, 6.45) is 1.97. The number of hydrogen-bond acceptors (Lipinski definition) is 4. The summed E-state index contributed by atoms with van der Waals surface area (Å²) in [5, 5.41) is 4.09. The standard InChI is InChI=1S/C15H17N3OS/c1-8-3-6-11(9(2)7-8)12-13(16)20-15(17-12)18-14(19)10-4-5-10/h3,6-7,10H,4-5,16H2,1-2H3,(H,17,18,19). The molecule has 1 aromatic carbocycles. The van der Waals surface area contributed by atoms with Crippen LogP contribution in [0.5, 0.6) is 0 Å². The molecule has 0 unspecified atom stereocenters. The van der Waals surface area contributed by atoms with E-state index in [1.165, 1.54) is 16.9 Å². The normalized spacial score (nSPS) is 14.3. The molecule has 5 heteroatoms. The number of amides is 1. The molecule has 0 aliphatic heterocycles. The Morgan fingerprint density at radius 3 is 2.80 bits per heavy atom. The van der Waals surface area contributed by atoms with Crippen LogP contribution in [0, 0.1) is 19.8 Å². The van der Waals surface area contributed by atoms with Crippen LogP contribution < -0.4 is 11.1 Å². The van der Waals surface area contributed by atoms with Gasteiger partial charge in [0.25, 0.3) is 0 Å². The first kappa shape index (κ1) is 13.1. The lowest BCUT2D eigenvalue weighted by atomic mass is 10.0. The second-order valence-corrected chi connectivity index (χ2v) is 6.34. The van der Waals surface area contributed by atoms with Gasteiger partial charge in [-0.2, -0.15) is 0 Å². The van der Waals surface area contributed by atoms with E-state index in [1.54, 1.807) is 0 Å². The van der Waals surface area contributed by atoms with Crippen LogP contribution in [0.2, 0.25) is 0 Å². The van der Waals surface area contributed by atoms with Gasteiger partial charge in [-0.1, -0.05) is 35.1 Å². The van der Waals surface area contributed by atoms with Gasteiger partial charge < -0.3 is 11.1 Å². The summed E-state index contributed by atoms with van der Waals surface area (Å²) in [5.74, 6) is 0.232. The zero-order valence-corrected chi connectivity index (χ0v) is 12.4. The number of benzene rings is 1. The Morgan fingerprint density at radius 2 is 2.15 bits per heavy atom. The topological polar surface area (TPSA) is 68.0 Å². The molecule has 1 aliphatic rings. The Hall–Kier alpha value is -1.88. The number of thiazole rings is 1. The highest BCUT2D eigenvalue weighted by molar-refractivity contribution is 7.20. The average Bonchev–Trinajstić information content (AvgIpc) is 3.16. The molecular weight excluding hydrogens is 270 g/mol. The molecule has 1 saturated carbocycles. The van der Waals surface area contributed by atoms with Gasteiger partial charge in [-0.3, -0.25) is 4.79 Å². The van der Waals surface area contributed by atoms with Gasteiger partial charge in [0.2, 0.25) is 5.91 Å². The van der Waals surface area contributed by atoms with Crippen molar-refractivity contribution in [1.29, 1.82) is 0 Å². The van der Waals surface area contributed by atoms with Crippen molar-refractivity contribution in [2.45, 2.75) is 26.7 Å². The van der Waals surface area contributed by atoms with Crippen molar-refractivity contribution < 1.29 is 4.79 Å². The van der Waals surface area contributed by atoms with Gasteiger partial charge in [-0.25, -0.2) is 4.98 Å². The van der Waals surface area contributed by atoms with E-state index >= 15 is 0 Å². The van der Waals surface area contributed by atoms with Crippen LogP contribution in [0.25, 0.3) is 11.3 Å². The van der Waals surface area contributed by atoms with E-state index in [-0.39, 0.29) is 11.8 Å². The molecule has 0 spiro atoms. The number of aromatic nitrogens is 1. The Morgan fingerprint density at radius 1 is 1.40 bits per heavy atom. The van der Waals surface area contributed by atoms with Crippen molar-refractivity contribution in [2.75, 3.05) is 11.1 Å². The van der Waals surface area contributed by atoms with Gasteiger partial charge in [-0.05, 0) is 32.3 Å². The van der Waals surface area contributed by atoms with Crippen LogP contribution in [0.1, 0.15) is 24.0 Å². The minimum Gasteiger partial charge on any atom is -0.389 e. The first-order valence-electron chi connectivity index (χ1n) is 6.69. The monoisotopic (exact) mass is 287 g/mol. The largest absolute Gasteiger partial charge is 0.389 e. The number of aryl methyl sites for hydroxylation is 2. The molecule has 0 saturated heterocycles. The molecule has 20 heavy (non-hydrogen) atoms. The predicted octanol–water partition coefficient (Wildman–Crippen LogP) is 3.36. The zero-order chi connectivity index (χ0) is 14.3. The highest BCUT2D eigenvalue weighted by Gasteiger charge is 2.30. The van der Waals surface area contributed by atoms with Crippen molar-refractivity contribution in [1.82, 2.24) is 4.98 Å². The molecule has 2 aromatic rings. The number of hydrogen-bond donors (Lipinski definition) is 2. The van der Waals surface area contributed by atoms with Crippen molar-refractivity contribution in [3.8, 4) is 11.3 Å². The van der Waals surface area contributed by atoms with E-state index in [9.17, 15) is 4.79 Å². The summed E-state index contributed by atoms with van der Waals surface area (Å²) < 4.78 is 0.